The predicted octanol–water partition coefficient (Wildman–Crippen LogP) is 4.27. The Morgan fingerprint density at radius 3 is 2.56 bits per heavy atom. The van der Waals surface area contributed by atoms with Crippen molar-refractivity contribution >= 4 is 33.8 Å². The molecule has 4 rings (SSSR count). The second kappa shape index (κ2) is 7.53. The monoisotopic (exact) mass is 379 g/mol. The molecule has 1 aromatic carbocycles. The number of amides is 2. The molecule has 1 saturated heterocycles. The third kappa shape index (κ3) is 3.47. The van der Waals surface area contributed by atoms with E-state index in [0.29, 0.717) is 22.5 Å². The molecule has 2 aliphatic rings. The third-order valence-corrected chi connectivity index (χ3v) is 6.48. The molecule has 0 bridgehead atoms. The number of hydrogen-bond donors (Lipinski definition) is 1. The second-order valence-corrected chi connectivity index (χ2v) is 8.14. The van der Waals surface area contributed by atoms with Gasteiger partial charge in [-0.1, -0.05) is 6.42 Å². The van der Waals surface area contributed by atoms with E-state index in [-0.39, 0.29) is 11.8 Å². The van der Waals surface area contributed by atoms with E-state index in [2.05, 4.69) is 11.4 Å². The van der Waals surface area contributed by atoms with Crippen molar-refractivity contribution in [3.8, 4) is 6.07 Å². The molecule has 0 atom stereocenters. The average molecular weight is 379 g/mol. The zero-order valence-corrected chi connectivity index (χ0v) is 15.9. The maximum absolute atomic E-state index is 12.7. The Bertz CT molecular complexity index is 924. The molecule has 138 valence electrons. The number of anilines is 2. The fourth-order valence-corrected chi connectivity index (χ4v) is 5.07. The summed E-state index contributed by atoms with van der Waals surface area (Å²) in [5, 5.41) is 13.2. The fourth-order valence-electron chi connectivity index (χ4n) is 3.84. The van der Waals surface area contributed by atoms with Crippen molar-refractivity contribution in [3.05, 3.63) is 45.8 Å². The number of aryl methyl sites for hydroxylation is 1. The standard InChI is InChI=1S/C21H21N3O2S/c22-13-17-16-5-2-1-3-6-18(16)27-21(17)23-20(26)14-8-10-15(11-9-14)24-12-4-7-19(24)25/h8-11H,1-7,12H2,(H,23,26). The van der Waals surface area contributed by atoms with Gasteiger partial charge < -0.3 is 10.2 Å². The number of rotatable bonds is 3. The highest BCUT2D eigenvalue weighted by atomic mass is 32.1. The molecule has 0 radical (unpaired) electrons. The van der Waals surface area contributed by atoms with Crippen molar-refractivity contribution in [2.24, 2.45) is 0 Å². The normalized spacial score (nSPS) is 16.6. The van der Waals surface area contributed by atoms with Crippen LogP contribution in [0.2, 0.25) is 0 Å². The smallest absolute Gasteiger partial charge is 0.256 e. The summed E-state index contributed by atoms with van der Waals surface area (Å²) in [6, 6.07) is 9.39. The number of nitriles is 1. The molecular formula is C21H21N3O2S. The lowest BCUT2D eigenvalue weighted by atomic mass is 10.1. The Kier molecular flexibility index (Phi) is 4.95. The first kappa shape index (κ1) is 17.7. The molecule has 1 aliphatic carbocycles. The van der Waals surface area contributed by atoms with Gasteiger partial charge in [-0.15, -0.1) is 11.3 Å². The van der Waals surface area contributed by atoms with Gasteiger partial charge in [0, 0.05) is 29.1 Å². The van der Waals surface area contributed by atoms with Gasteiger partial charge >= 0.3 is 0 Å². The lowest BCUT2D eigenvalue weighted by Crippen LogP contribution is -2.23. The highest BCUT2D eigenvalue weighted by Crippen LogP contribution is 2.37. The molecule has 1 fully saturated rings. The van der Waals surface area contributed by atoms with Gasteiger partial charge in [0.2, 0.25) is 5.91 Å². The van der Waals surface area contributed by atoms with Crippen LogP contribution in [0.5, 0.6) is 0 Å². The van der Waals surface area contributed by atoms with E-state index in [9.17, 15) is 14.9 Å². The quantitative estimate of drug-likeness (QED) is 0.810. The summed E-state index contributed by atoms with van der Waals surface area (Å²) < 4.78 is 0. The van der Waals surface area contributed by atoms with Crippen molar-refractivity contribution in [2.45, 2.75) is 44.9 Å². The number of hydrogen-bond acceptors (Lipinski definition) is 4. The van der Waals surface area contributed by atoms with Gasteiger partial charge in [0.25, 0.3) is 5.91 Å². The van der Waals surface area contributed by atoms with Crippen LogP contribution < -0.4 is 10.2 Å². The maximum atomic E-state index is 12.7. The Labute approximate surface area is 162 Å². The number of fused-ring (bicyclic) bond motifs is 1. The Morgan fingerprint density at radius 1 is 1.07 bits per heavy atom. The highest BCUT2D eigenvalue weighted by molar-refractivity contribution is 7.16. The number of nitrogens with one attached hydrogen (secondary N) is 1. The molecule has 27 heavy (non-hydrogen) atoms. The van der Waals surface area contributed by atoms with Crippen LogP contribution in [0, 0.1) is 11.3 Å². The Balaban J connectivity index is 1.53. The number of nitrogens with zero attached hydrogens (tertiary/aromatic N) is 2. The van der Waals surface area contributed by atoms with E-state index in [1.165, 1.54) is 22.6 Å². The molecule has 1 N–H and O–H groups in total. The van der Waals surface area contributed by atoms with Crippen LogP contribution in [0.4, 0.5) is 10.7 Å². The minimum absolute atomic E-state index is 0.131. The first-order chi connectivity index (χ1) is 13.2. The molecule has 2 aromatic rings. The van der Waals surface area contributed by atoms with Gasteiger partial charge in [-0.25, -0.2) is 0 Å². The van der Waals surface area contributed by atoms with Crippen molar-refractivity contribution < 1.29 is 9.59 Å². The molecule has 0 saturated carbocycles. The van der Waals surface area contributed by atoms with Crippen LogP contribution in [0.1, 0.15) is 58.5 Å². The van der Waals surface area contributed by atoms with Gasteiger partial charge in [-0.05, 0) is 61.9 Å². The molecule has 1 aromatic heterocycles. The topological polar surface area (TPSA) is 73.2 Å². The summed E-state index contributed by atoms with van der Waals surface area (Å²) in [4.78, 5) is 27.5. The van der Waals surface area contributed by atoms with E-state index < -0.39 is 0 Å². The van der Waals surface area contributed by atoms with Crippen LogP contribution in [0.3, 0.4) is 0 Å². The molecule has 2 heterocycles. The molecule has 5 nitrogen and oxygen atoms in total. The van der Waals surface area contributed by atoms with Crippen LogP contribution in [0.15, 0.2) is 24.3 Å². The van der Waals surface area contributed by atoms with Crippen LogP contribution in [-0.2, 0) is 17.6 Å². The summed E-state index contributed by atoms with van der Waals surface area (Å²) in [7, 11) is 0. The van der Waals surface area contributed by atoms with E-state index in [0.717, 1.165) is 49.9 Å². The van der Waals surface area contributed by atoms with Crippen LogP contribution in [-0.4, -0.2) is 18.4 Å². The number of carbonyl (C=O) groups excluding carboxylic acids is 2. The summed E-state index contributed by atoms with van der Waals surface area (Å²) >= 11 is 1.54. The molecule has 6 heteroatoms. The number of carbonyl (C=O) groups is 2. The van der Waals surface area contributed by atoms with Crippen molar-refractivity contribution in [3.63, 3.8) is 0 Å². The summed E-state index contributed by atoms with van der Waals surface area (Å²) in [6.45, 7) is 0.733. The lowest BCUT2D eigenvalue weighted by molar-refractivity contribution is -0.117. The minimum Gasteiger partial charge on any atom is -0.312 e. The largest absolute Gasteiger partial charge is 0.312 e. The van der Waals surface area contributed by atoms with E-state index in [1.807, 2.05) is 12.1 Å². The van der Waals surface area contributed by atoms with Gasteiger partial charge in [-0.3, -0.25) is 9.59 Å². The van der Waals surface area contributed by atoms with Crippen LogP contribution >= 0.6 is 11.3 Å². The van der Waals surface area contributed by atoms with E-state index >= 15 is 0 Å². The fraction of sp³-hybridized carbons (Fsp3) is 0.381. The van der Waals surface area contributed by atoms with Gasteiger partial charge in [-0.2, -0.15) is 5.26 Å². The first-order valence-electron chi connectivity index (χ1n) is 9.44. The van der Waals surface area contributed by atoms with E-state index in [1.54, 1.807) is 17.0 Å². The van der Waals surface area contributed by atoms with Crippen molar-refractivity contribution in [2.75, 3.05) is 16.8 Å². The van der Waals surface area contributed by atoms with Gasteiger partial charge in [0.1, 0.15) is 11.1 Å². The summed E-state index contributed by atoms with van der Waals surface area (Å²) in [5.41, 5.74) is 3.11. The zero-order chi connectivity index (χ0) is 18.8. The molecule has 0 spiro atoms. The van der Waals surface area contributed by atoms with Crippen molar-refractivity contribution in [1.29, 1.82) is 5.26 Å². The first-order valence-corrected chi connectivity index (χ1v) is 10.3. The summed E-state index contributed by atoms with van der Waals surface area (Å²) in [6.07, 6.45) is 6.81. The Hall–Kier alpha value is -2.65. The molecule has 1 aliphatic heterocycles. The van der Waals surface area contributed by atoms with Crippen LogP contribution in [0.25, 0.3) is 0 Å². The highest BCUT2D eigenvalue weighted by Gasteiger charge is 2.23. The van der Waals surface area contributed by atoms with Crippen molar-refractivity contribution in [1.82, 2.24) is 0 Å². The molecule has 2 amide bonds. The predicted molar refractivity (Wildman–Crippen MR) is 106 cm³/mol. The van der Waals surface area contributed by atoms with Gasteiger partial charge in [0.05, 0.1) is 5.56 Å². The Morgan fingerprint density at radius 2 is 1.85 bits per heavy atom. The SMILES string of the molecule is N#Cc1c(NC(=O)c2ccc(N3CCCC3=O)cc2)sc2c1CCCCC2. The minimum atomic E-state index is -0.220. The maximum Gasteiger partial charge on any atom is 0.256 e. The third-order valence-electron chi connectivity index (χ3n) is 5.27. The molecule has 0 unspecified atom stereocenters. The number of thiophene rings is 1. The lowest BCUT2D eigenvalue weighted by Gasteiger charge is -2.15. The summed E-state index contributed by atoms with van der Waals surface area (Å²) in [5.74, 6) is -0.0897. The van der Waals surface area contributed by atoms with E-state index in [4.69, 9.17) is 0 Å². The number of benzene rings is 1. The zero-order valence-electron chi connectivity index (χ0n) is 15.1. The average Bonchev–Trinajstić information content (AvgIpc) is 3.17. The van der Waals surface area contributed by atoms with Gasteiger partial charge in [0.15, 0.2) is 0 Å². The second-order valence-electron chi connectivity index (χ2n) is 7.03. The molecular weight excluding hydrogens is 358 g/mol.